The van der Waals surface area contributed by atoms with Crippen molar-refractivity contribution in [2.45, 2.75) is 25.2 Å². The van der Waals surface area contributed by atoms with Crippen molar-refractivity contribution in [1.29, 1.82) is 0 Å². The molecule has 2 aromatic rings. The highest BCUT2D eigenvalue weighted by Crippen LogP contribution is 2.42. The molecule has 2 atom stereocenters. The molecule has 2 aliphatic heterocycles. The first-order chi connectivity index (χ1) is 14.3. The summed E-state index contributed by atoms with van der Waals surface area (Å²) >= 11 is 1.31. The van der Waals surface area contributed by atoms with Crippen molar-refractivity contribution in [2.75, 3.05) is 25.0 Å². The number of piperidine rings is 1. The number of likely N-dealkylation sites (N-methyl/N-ethyl adjacent to an activating group) is 1. The van der Waals surface area contributed by atoms with E-state index in [1.807, 2.05) is 17.0 Å². The number of halogens is 1. The van der Waals surface area contributed by atoms with Crippen LogP contribution in [0.5, 0.6) is 0 Å². The molecule has 156 valence electrons. The van der Waals surface area contributed by atoms with Crippen LogP contribution in [0.1, 0.15) is 36.2 Å². The van der Waals surface area contributed by atoms with Gasteiger partial charge in [0, 0.05) is 36.2 Å². The Hall–Kier alpha value is -2.60. The maximum Gasteiger partial charge on any atom is 0.264 e. The van der Waals surface area contributed by atoms with Crippen LogP contribution in [0.25, 0.3) is 6.08 Å². The number of rotatable bonds is 2. The number of amides is 2. The van der Waals surface area contributed by atoms with Crippen molar-refractivity contribution in [3.8, 4) is 0 Å². The van der Waals surface area contributed by atoms with Crippen LogP contribution in [0.3, 0.4) is 0 Å². The molecule has 2 amide bonds. The van der Waals surface area contributed by atoms with Crippen LogP contribution in [0, 0.1) is 17.7 Å². The van der Waals surface area contributed by atoms with E-state index < -0.39 is 0 Å². The van der Waals surface area contributed by atoms with E-state index >= 15 is 0 Å². The number of likely N-dealkylation sites (tertiary alicyclic amines) is 1. The molecule has 6 heteroatoms. The molecule has 0 aromatic heterocycles. The van der Waals surface area contributed by atoms with Gasteiger partial charge in [0.2, 0.25) is 0 Å². The average Bonchev–Trinajstić information content (AvgIpc) is 2.72. The van der Waals surface area contributed by atoms with Crippen LogP contribution in [-0.2, 0) is 4.79 Å². The van der Waals surface area contributed by atoms with Gasteiger partial charge in [-0.25, -0.2) is 4.39 Å². The Balaban J connectivity index is 1.62. The summed E-state index contributed by atoms with van der Waals surface area (Å²) in [6.07, 6.45) is 2.72. The van der Waals surface area contributed by atoms with Gasteiger partial charge in [-0.1, -0.05) is 43.8 Å². The van der Waals surface area contributed by atoms with Gasteiger partial charge in [0.1, 0.15) is 5.82 Å². The van der Waals surface area contributed by atoms with E-state index in [-0.39, 0.29) is 17.6 Å². The molecule has 0 spiro atoms. The number of fused-ring (bicyclic) bond motifs is 1. The Kier molecular flexibility index (Phi) is 5.69. The summed E-state index contributed by atoms with van der Waals surface area (Å²) in [5.74, 6) is 0.413. The summed E-state index contributed by atoms with van der Waals surface area (Å²) in [4.78, 5) is 30.7. The largest absolute Gasteiger partial charge is 0.338 e. The van der Waals surface area contributed by atoms with Crippen LogP contribution in [0.2, 0.25) is 0 Å². The monoisotopic (exact) mass is 424 g/mol. The number of anilines is 1. The lowest BCUT2D eigenvalue weighted by Gasteiger charge is -2.35. The average molecular weight is 425 g/mol. The lowest BCUT2D eigenvalue weighted by atomic mass is 9.91. The topological polar surface area (TPSA) is 40.6 Å². The molecular weight excluding hydrogens is 399 g/mol. The predicted octanol–water partition coefficient (Wildman–Crippen LogP) is 5.05. The molecular formula is C24H25FN2O2S. The zero-order valence-corrected chi connectivity index (χ0v) is 18.2. The van der Waals surface area contributed by atoms with E-state index in [0.29, 0.717) is 33.6 Å². The van der Waals surface area contributed by atoms with E-state index in [1.54, 1.807) is 37.4 Å². The molecule has 2 aliphatic rings. The summed E-state index contributed by atoms with van der Waals surface area (Å²) in [5, 5.41) is 0. The fraction of sp³-hybridized carbons (Fsp3) is 0.333. The molecule has 0 saturated carbocycles. The Morgan fingerprint density at radius 1 is 1.13 bits per heavy atom. The second-order valence-electron chi connectivity index (χ2n) is 8.34. The molecule has 1 fully saturated rings. The molecule has 4 rings (SSSR count). The molecule has 0 N–H and O–H groups in total. The van der Waals surface area contributed by atoms with E-state index in [9.17, 15) is 14.0 Å². The van der Waals surface area contributed by atoms with Gasteiger partial charge in [-0.2, -0.15) is 0 Å². The summed E-state index contributed by atoms with van der Waals surface area (Å²) in [5.41, 5.74) is 1.68. The highest BCUT2D eigenvalue weighted by Gasteiger charge is 2.30. The molecule has 2 aromatic carbocycles. The zero-order chi connectivity index (χ0) is 21.4. The van der Waals surface area contributed by atoms with E-state index in [2.05, 4.69) is 13.8 Å². The van der Waals surface area contributed by atoms with Crippen molar-refractivity contribution >= 4 is 35.3 Å². The summed E-state index contributed by atoms with van der Waals surface area (Å²) in [7, 11) is 1.69. The van der Waals surface area contributed by atoms with E-state index in [0.717, 1.165) is 24.4 Å². The van der Waals surface area contributed by atoms with Crippen molar-refractivity contribution in [1.82, 2.24) is 4.90 Å². The van der Waals surface area contributed by atoms with Crippen LogP contribution in [-0.4, -0.2) is 36.9 Å². The SMILES string of the molecule is CC1CC(C)CN(C(=O)c2ccc3c(c2)N(C)C(=O)C(=Cc2ccccc2F)S3)C1. The van der Waals surface area contributed by atoms with Crippen molar-refractivity contribution in [3.63, 3.8) is 0 Å². The first-order valence-electron chi connectivity index (χ1n) is 10.2. The number of nitrogens with zero attached hydrogens (tertiary/aromatic N) is 2. The molecule has 0 aliphatic carbocycles. The van der Waals surface area contributed by atoms with Crippen molar-refractivity contribution < 1.29 is 14.0 Å². The van der Waals surface area contributed by atoms with Gasteiger partial charge < -0.3 is 9.80 Å². The van der Waals surface area contributed by atoms with Crippen molar-refractivity contribution in [2.24, 2.45) is 11.8 Å². The maximum atomic E-state index is 14.0. The third-order valence-corrected chi connectivity index (χ3v) is 6.73. The van der Waals surface area contributed by atoms with Gasteiger partial charge in [0.25, 0.3) is 11.8 Å². The van der Waals surface area contributed by atoms with Gasteiger partial charge in [0.05, 0.1) is 10.6 Å². The van der Waals surface area contributed by atoms with Gasteiger partial charge >= 0.3 is 0 Å². The van der Waals surface area contributed by atoms with Crippen molar-refractivity contribution in [3.05, 3.63) is 64.3 Å². The third kappa shape index (κ3) is 4.01. The minimum Gasteiger partial charge on any atom is -0.338 e. The highest BCUT2D eigenvalue weighted by molar-refractivity contribution is 8.04. The number of carbonyl (C=O) groups excluding carboxylic acids is 2. The lowest BCUT2D eigenvalue weighted by Crippen LogP contribution is -2.42. The fourth-order valence-electron chi connectivity index (χ4n) is 4.27. The normalized spacial score (nSPS) is 22.9. The lowest BCUT2D eigenvalue weighted by molar-refractivity contribution is -0.114. The molecule has 0 radical (unpaired) electrons. The zero-order valence-electron chi connectivity index (χ0n) is 17.4. The smallest absolute Gasteiger partial charge is 0.264 e. The fourth-order valence-corrected chi connectivity index (χ4v) is 5.36. The van der Waals surface area contributed by atoms with E-state index in [4.69, 9.17) is 0 Å². The van der Waals surface area contributed by atoms with Crippen LogP contribution >= 0.6 is 11.8 Å². The molecule has 0 bridgehead atoms. The number of benzene rings is 2. The minimum atomic E-state index is -0.363. The molecule has 30 heavy (non-hydrogen) atoms. The number of hydrogen-bond acceptors (Lipinski definition) is 3. The second kappa shape index (κ2) is 8.26. The summed E-state index contributed by atoms with van der Waals surface area (Å²) < 4.78 is 14.0. The van der Waals surface area contributed by atoms with Gasteiger partial charge in [-0.3, -0.25) is 9.59 Å². The highest BCUT2D eigenvalue weighted by atomic mass is 32.2. The minimum absolute atomic E-state index is 0.00902. The molecule has 4 nitrogen and oxygen atoms in total. The second-order valence-corrected chi connectivity index (χ2v) is 9.42. The number of hydrogen-bond donors (Lipinski definition) is 0. The quantitative estimate of drug-likeness (QED) is 0.633. The van der Waals surface area contributed by atoms with Crippen LogP contribution < -0.4 is 4.90 Å². The Labute approximate surface area is 180 Å². The Morgan fingerprint density at radius 3 is 2.53 bits per heavy atom. The summed E-state index contributed by atoms with van der Waals surface area (Å²) in [6.45, 7) is 5.88. The Bertz CT molecular complexity index is 1030. The van der Waals surface area contributed by atoms with Gasteiger partial charge in [-0.15, -0.1) is 0 Å². The van der Waals surface area contributed by atoms with Crippen LogP contribution in [0.4, 0.5) is 10.1 Å². The maximum absolute atomic E-state index is 14.0. The first-order valence-corrected chi connectivity index (χ1v) is 11.0. The number of carbonyl (C=O) groups is 2. The third-order valence-electron chi connectivity index (χ3n) is 5.65. The molecule has 2 heterocycles. The van der Waals surface area contributed by atoms with E-state index in [1.165, 1.54) is 22.7 Å². The summed E-state index contributed by atoms with van der Waals surface area (Å²) in [6, 6.07) is 11.9. The van der Waals surface area contributed by atoms with Crippen LogP contribution in [0.15, 0.2) is 52.3 Å². The van der Waals surface area contributed by atoms with Gasteiger partial charge in [-0.05, 0) is 48.6 Å². The predicted molar refractivity (Wildman–Crippen MR) is 119 cm³/mol. The molecule has 1 saturated heterocycles. The molecule has 2 unspecified atom stereocenters. The first kappa shape index (κ1) is 20.7. The number of thioether (sulfide) groups is 1. The standard InChI is InChI=1S/C24H25FN2O2S/c1-15-10-16(2)14-27(13-15)23(28)18-8-9-21-20(11-18)26(3)24(29)22(30-21)12-17-6-4-5-7-19(17)25/h4-9,11-12,15-16H,10,13-14H2,1-3H3. The Morgan fingerprint density at radius 2 is 1.83 bits per heavy atom. The van der Waals surface area contributed by atoms with Gasteiger partial charge in [0.15, 0.2) is 0 Å².